The molecule has 11 nitrogen and oxygen atoms in total. The average Bonchev–Trinajstić information content (AvgIpc) is 3.46. The third-order valence-electron chi connectivity index (χ3n) is 7.14. The summed E-state index contributed by atoms with van der Waals surface area (Å²) in [5, 5.41) is 31.1. The molecular weight excluding hydrogens is 618 g/mol. The Hall–Kier alpha value is -4.91. The van der Waals surface area contributed by atoms with E-state index >= 15 is 0 Å². The molecule has 4 rings (SSSR count). The summed E-state index contributed by atoms with van der Waals surface area (Å²) in [5.74, 6) is -1.26. The number of nitrogens with zero attached hydrogens (tertiary/aromatic N) is 2. The molecule has 0 saturated heterocycles. The normalized spacial score (nSPS) is 11.6. The fourth-order valence-electron chi connectivity index (χ4n) is 4.43. The van der Waals surface area contributed by atoms with E-state index in [2.05, 4.69) is 59.0 Å². The van der Waals surface area contributed by atoms with Crippen LogP contribution in [0.5, 0.6) is 5.75 Å². The largest absolute Gasteiger partial charge is 0.506 e. The minimum absolute atomic E-state index is 0.000457. The molecule has 2 aromatic heterocycles. The Kier molecular flexibility index (Phi) is 12.0. The number of aromatic nitrogens is 1. The molecule has 12 heteroatoms. The minimum Gasteiger partial charge on any atom is -0.506 e. The maximum atomic E-state index is 12.8. The number of carbonyl (C=O) groups is 3. The standard InChI is InChI=1S/C35H39N5O6S/c1-22(27-21-47-31(30(27)42)24-12-14-26(15-13-24)35(2,3)4)39-40-34(45)29-7-5-6-28(38-29)33(44)37-20-23-8-10-25(11-9-23)32(43)36-16-18-46-19-17-41/h5-15,21,41-42H,16-20H2,1-4H3,(H,36,43)(H,37,44)(H,40,45)/b39-22+. The zero-order valence-corrected chi connectivity index (χ0v) is 27.6. The van der Waals surface area contributed by atoms with Gasteiger partial charge in [-0.1, -0.05) is 63.2 Å². The van der Waals surface area contributed by atoms with Gasteiger partial charge in [0, 0.05) is 24.0 Å². The van der Waals surface area contributed by atoms with Gasteiger partial charge in [0.15, 0.2) is 0 Å². The Morgan fingerprint density at radius 3 is 2.23 bits per heavy atom. The lowest BCUT2D eigenvalue weighted by Crippen LogP contribution is -2.27. The first kappa shape index (κ1) is 35.0. The number of hydrogen-bond donors (Lipinski definition) is 5. The number of carbonyl (C=O) groups excluding carboxylic acids is 3. The Morgan fingerprint density at radius 1 is 0.894 bits per heavy atom. The number of amides is 3. The van der Waals surface area contributed by atoms with Crippen molar-refractivity contribution in [2.45, 2.75) is 39.7 Å². The first-order valence-electron chi connectivity index (χ1n) is 15.0. The predicted octanol–water partition coefficient (Wildman–Crippen LogP) is 4.64. The number of thiophene rings is 1. The Morgan fingerprint density at radius 2 is 1.57 bits per heavy atom. The number of nitrogens with one attached hydrogen (secondary N) is 3. The summed E-state index contributed by atoms with van der Waals surface area (Å²) in [6.45, 7) is 9.06. The van der Waals surface area contributed by atoms with Crippen LogP contribution in [0.15, 0.2) is 77.2 Å². The molecule has 0 aliphatic rings. The average molecular weight is 658 g/mol. The summed E-state index contributed by atoms with van der Waals surface area (Å²) >= 11 is 1.39. The van der Waals surface area contributed by atoms with Crippen LogP contribution in [0, 0.1) is 0 Å². The van der Waals surface area contributed by atoms with Crippen molar-refractivity contribution in [2.75, 3.05) is 26.4 Å². The van der Waals surface area contributed by atoms with E-state index < -0.39 is 11.8 Å². The van der Waals surface area contributed by atoms with Crippen LogP contribution in [0.4, 0.5) is 0 Å². The third-order valence-corrected chi connectivity index (χ3v) is 8.16. The SMILES string of the molecule is C/C(=N\NC(=O)c1cccc(C(=O)NCc2ccc(C(=O)NCCOCCO)cc2)n1)c1csc(-c2ccc(C(C)(C)C)cc2)c1O. The second-order valence-corrected chi connectivity index (χ2v) is 12.6. The van der Waals surface area contributed by atoms with E-state index in [4.69, 9.17) is 9.84 Å². The lowest BCUT2D eigenvalue weighted by Gasteiger charge is -2.19. The summed E-state index contributed by atoms with van der Waals surface area (Å²) in [4.78, 5) is 42.8. The quantitative estimate of drug-likeness (QED) is 0.0795. The van der Waals surface area contributed by atoms with E-state index in [0.717, 1.165) is 11.1 Å². The molecule has 47 heavy (non-hydrogen) atoms. The number of hydrazone groups is 1. The van der Waals surface area contributed by atoms with Crippen molar-refractivity contribution in [3.05, 3.63) is 106 Å². The first-order valence-corrected chi connectivity index (χ1v) is 15.9. The summed E-state index contributed by atoms with van der Waals surface area (Å²) < 4.78 is 5.12. The van der Waals surface area contributed by atoms with Crippen molar-refractivity contribution in [2.24, 2.45) is 5.10 Å². The van der Waals surface area contributed by atoms with E-state index in [-0.39, 0.29) is 48.2 Å². The fourth-order valence-corrected chi connectivity index (χ4v) is 5.44. The Labute approximate surface area is 277 Å². The molecule has 3 amide bonds. The van der Waals surface area contributed by atoms with Crippen LogP contribution >= 0.6 is 11.3 Å². The second kappa shape index (κ2) is 16.1. The van der Waals surface area contributed by atoms with E-state index in [0.29, 0.717) is 34.9 Å². The Balaban J connectivity index is 1.31. The molecule has 0 fully saturated rings. The number of aliphatic hydroxyl groups is 1. The topological polar surface area (TPSA) is 162 Å². The molecule has 0 spiro atoms. The van der Waals surface area contributed by atoms with Crippen molar-refractivity contribution in [3.8, 4) is 16.2 Å². The number of benzene rings is 2. The third kappa shape index (κ3) is 9.55. The zero-order chi connectivity index (χ0) is 34.0. The molecule has 246 valence electrons. The molecule has 0 atom stereocenters. The lowest BCUT2D eigenvalue weighted by molar-refractivity contribution is 0.0837. The maximum Gasteiger partial charge on any atom is 0.289 e. The molecule has 2 heterocycles. The number of hydrogen-bond acceptors (Lipinski definition) is 9. The summed E-state index contributed by atoms with van der Waals surface area (Å²) in [6.07, 6.45) is 0. The highest BCUT2D eigenvalue weighted by atomic mass is 32.1. The molecule has 0 bridgehead atoms. The van der Waals surface area contributed by atoms with Crippen LogP contribution < -0.4 is 16.1 Å². The highest BCUT2D eigenvalue weighted by Gasteiger charge is 2.18. The summed E-state index contributed by atoms with van der Waals surface area (Å²) in [6, 6.07) is 19.4. The van der Waals surface area contributed by atoms with Crippen molar-refractivity contribution in [3.63, 3.8) is 0 Å². The van der Waals surface area contributed by atoms with Gasteiger partial charge in [0.05, 0.1) is 36.0 Å². The molecule has 0 saturated carbocycles. The number of pyridine rings is 1. The fraction of sp³-hybridized carbons (Fsp3) is 0.286. The van der Waals surface area contributed by atoms with Gasteiger partial charge < -0.3 is 25.6 Å². The van der Waals surface area contributed by atoms with Crippen molar-refractivity contribution in [1.82, 2.24) is 21.0 Å². The molecule has 0 aliphatic carbocycles. The van der Waals surface area contributed by atoms with E-state index in [1.54, 1.807) is 42.6 Å². The van der Waals surface area contributed by atoms with Gasteiger partial charge in [0.25, 0.3) is 17.7 Å². The monoisotopic (exact) mass is 657 g/mol. The van der Waals surface area contributed by atoms with Crippen LogP contribution in [0.25, 0.3) is 10.4 Å². The number of aliphatic hydroxyl groups excluding tert-OH is 1. The number of aromatic hydroxyl groups is 1. The van der Waals surface area contributed by atoms with Crippen LogP contribution in [0.3, 0.4) is 0 Å². The highest BCUT2D eigenvalue weighted by molar-refractivity contribution is 7.14. The van der Waals surface area contributed by atoms with Gasteiger partial charge in [-0.05, 0) is 53.3 Å². The van der Waals surface area contributed by atoms with E-state index in [9.17, 15) is 19.5 Å². The Bertz CT molecular complexity index is 1730. The molecule has 0 radical (unpaired) electrons. The zero-order valence-electron chi connectivity index (χ0n) is 26.8. The van der Waals surface area contributed by atoms with Gasteiger partial charge in [-0.2, -0.15) is 5.10 Å². The van der Waals surface area contributed by atoms with Gasteiger partial charge >= 0.3 is 0 Å². The number of ether oxygens (including phenoxy) is 1. The highest BCUT2D eigenvalue weighted by Crippen LogP contribution is 2.39. The molecule has 0 unspecified atom stereocenters. The van der Waals surface area contributed by atoms with Crippen LogP contribution in [-0.4, -0.2) is 65.0 Å². The van der Waals surface area contributed by atoms with Gasteiger partial charge in [0.2, 0.25) is 0 Å². The smallest absolute Gasteiger partial charge is 0.289 e. The van der Waals surface area contributed by atoms with Gasteiger partial charge in [-0.3, -0.25) is 14.4 Å². The van der Waals surface area contributed by atoms with E-state index in [1.807, 2.05) is 12.1 Å². The molecule has 5 N–H and O–H groups in total. The maximum absolute atomic E-state index is 12.8. The molecule has 0 aliphatic heterocycles. The van der Waals surface area contributed by atoms with Crippen molar-refractivity contribution < 1.29 is 29.3 Å². The summed E-state index contributed by atoms with van der Waals surface area (Å²) in [7, 11) is 0. The van der Waals surface area contributed by atoms with Gasteiger partial charge in [-0.25, -0.2) is 10.4 Å². The van der Waals surface area contributed by atoms with E-state index in [1.165, 1.54) is 29.0 Å². The molecular formula is C35H39N5O6S. The van der Waals surface area contributed by atoms with Gasteiger partial charge in [-0.15, -0.1) is 11.3 Å². The molecule has 2 aromatic carbocycles. The minimum atomic E-state index is -0.611. The predicted molar refractivity (Wildman–Crippen MR) is 182 cm³/mol. The van der Waals surface area contributed by atoms with Crippen LogP contribution in [-0.2, 0) is 16.7 Å². The summed E-state index contributed by atoms with van der Waals surface area (Å²) in [5.41, 5.74) is 6.75. The lowest BCUT2D eigenvalue weighted by atomic mass is 9.86. The molecule has 4 aromatic rings. The van der Waals surface area contributed by atoms with Gasteiger partial charge in [0.1, 0.15) is 17.1 Å². The van der Waals surface area contributed by atoms with Crippen LogP contribution in [0.1, 0.15) is 75.7 Å². The second-order valence-electron chi connectivity index (χ2n) is 11.7. The number of rotatable bonds is 13. The first-order chi connectivity index (χ1) is 22.5. The van der Waals surface area contributed by atoms with Crippen molar-refractivity contribution >= 4 is 34.8 Å². The van der Waals surface area contributed by atoms with Crippen LogP contribution in [0.2, 0.25) is 0 Å². The van der Waals surface area contributed by atoms with Crippen molar-refractivity contribution in [1.29, 1.82) is 0 Å².